The minimum atomic E-state index is -2.26. The van der Waals surface area contributed by atoms with Gasteiger partial charge in [-0.2, -0.15) is 0 Å². The summed E-state index contributed by atoms with van der Waals surface area (Å²) in [6.45, 7) is 4.35. The molecule has 0 aromatic heterocycles. The maximum atomic E-state index is 13.5. The Hall–Kier alpha value is -2.32. The van der Waals surface area contributed by atoms with Gasteiger partial charge in [0.05, 0.1) is 21.4 Å². The van der Waals surface area contributed by atoms with Crippen LogP contribution in [-0.4, -0.2) is 47.6 Å². The first-order valence-corrected chi connectivity index (χ1v) is 11.0. The van der Waals surface area contributed by atoms with Gasteiger partial charge in [-0.1, -0.05) is 48.3 Å². The lowest BCUT2D eigenvalue weighted by Crippen LogP contribution is -2.63. The van der Waals surface area contributed by atoms with Crippen molar-refractivity contribution in [3.05, 3.63) is 58.1 Å². The van der Waals surface area contributed by atoms with Gasteiger partial charge in [0, 0.05) is 18.2 Å². The molecule has 4 rings (SSSR count). The van der Waals surface area contributed by atoms with Crippen LogP contribution in [0.15, 0.2) is 42.5 Å². The second-order valence-corrected chi connectivity index (χ2v) is 8.53. The lowest BCUT2D eigenvalue weighted by molar-refractivity contribution is -0.140. The molecule has 0 unspecified atom stereocenters. The van der Waals surface area contributed by atoms with Crippen molar-refractivity contribution in [1.29, 1.82) is 0 Å². The molecule has 0 bridgehead atoms. The Morgan fingerprint density at radius 2 is 2.03 bits per heavy atom. The lowest BCUT2D eigenvalue weighted by atomic mass is 9.94. The molecular formula is C22H24Cl2N4O3. The van der Waals surface area contributed by atoms with E-state index in [1.54, 1.807) is 24.3 Å². The van der Waals surface area contributed by atoms with Gasteiger partial charge in [0.1, 0.15) is 0 Å². The molecule has 0 saturated carbocycles. The molecule has 164 valence electrons. The molecule has 2 atom stereocenters. The molecule has 3 N–H and O–H groups in total. The number of nitrogens with zero attached hydrogens (tertiary/aromatic N) is 2. The summed E-state index contributed by atoms with van der Waals surface area (Å²) in [6, 6.07) is 10.8. The number of halogens is 2. The highest BCUT2D eigenvalue weighted by Gasteiger charge is 2.52. The van der Waals surface area contributed by atoms with E-state index in [2.05, 4.69) is 22.5 Å². The zero-order chi connectivity index (χ0) is 22.2. The molecule has 2 aliphatic rings. The summed E-state index contributed by atoms with van der Waals surface area (Å²) in [4.78, 5) is 29.8. The topological polar surface area (TPSA) is 84.9 Å². The summed E-state index contributed by atoms with van der Waals surface area (Å²) in [5.74, 6) is -0.677. The van der Waals surface area contributed by atoms with E-state index in [9.17, 15) is 14.7 Å². The van der Waals surface area contributed by atoms with E-state index in [0.29, 0.717) is 17.3 Å². The zero-order valence-electron chi connectivity index (χ0n) is 17.1. The number of rotatable bonds is 5. The number of likely N-dealkylation sites (tertiary alicyclic amines) is 1. The molecule has 3 amide bonds. The highest BCUT2D eigenvalue weighted by Crippen LogP contribution is 2.41. The standard InChI is InChI=1S/C22H24Cl2N4O3/c1-2-27-11-5-6-15(27)13-25-20(29)22(31)16-7-3-4-8-19(16)26-21(30)28(22)14-9-10-17(23)18(24)12-14/h3-4,7-10,12,15,31H,2,5-6,11,13H2,1H3,(H,25,29)(H,26,30)/t15-,22+/m0/s1. The van der Waals surface area contributed by atoms with Crippen LogP contribution in [0.3, 0.4) is 0 Å². The van der Waals surface area contributed by atoms with Crippen molar-refractivity contribution in [3.63, 3.8) is 0 Å². The highest BCUT2D eigenvalue weighted by atomic mass is 35.5. The van der Waals surface area contributed by atoms with E-state index >= 15 is 0 Å². The van der Waals surface area contributed by atoms with E-state index in [4.69, 9.17) is 23.2 Å². The first-order valence-electron chi connectivity index (χ1n) is 10.3. The van der Waals surface area contributed by atoms with Crippen LogP contribution >= 0.6 is 23.2 Å². The largest absolute Gasteiger partial charge is 0.359 e. The third-order valence-electron chi connectivity index (χ3n) is 5.95. The average molecular weight is 463 g/mol. The van der Waals surface area contributed by atoms with Gasteiger partial charge in [-0.25, -0.2) is 4.79 Å². The first-order chi connectivity index (χ1) is 14.9. The van der Waals surface area contributed by atoms with Crippen molar-refractivity contribution in [2.45, 2.75) is 31.5 Å². The van der Waals surface area contributed by atoms with Crippen LogP contribution in [-0.2, 0) is 10.5 Å². The molecule has 1 saturated heterocycles. The number of carbonyl (C=O) groups is 2. The van der Waals surface area contributed by atoms with Crippen LogP contribution in [0.4, 0.5) is 16.2 Å². The minimum Gasteiger partial charge on any atom is -0.359 e. The van der Waals surface area contributed by atoms with Gasteiger partial charge in [0.25, 0.3) is 11.6 Å². The van der Waals surface area contributed by atoms with Gasteiger partial charge >= 0.3 is 6.03 Å². The lowest BCUT2D eigenvalue weighted by Gasteiger charge is -2.43. The molecule has 31 heavy (non-hydrogen) atoms. The number of anilines is 2. The van der Waals surface area contributed by atoms with E-state index in [1.165, 1.54) is 18.2 Å². The number of likely N-dealkylation sites (N-methyl/N-ethyl adjacent to an activating group) is 1. The van der Waals surface area contributed by atoms with E-state index in [0.717, 1.165) is 30.8 Å². The SMILES string of the molecule is CCN1CCC[C@H]1CNC(=O)[C@]1(O)c2ccccc2NC(=O)N1c1ccc(Cl)c(Cl)c1. The number of hydrogen-bond acceptors (Lipinski definition) is 4. The number of carbonyl (C=O) groups excluding carboxylic acids is 2. The quantitative estimate of drug-likeness (QED) is 0.630. The van der Waals surface area contributed by atoms with Crippen LogP contribution in [0, 0.1) is 0 Å². The molecule has 2 heterocycles. The number of benzene rings is 2. The number of hydrogen-bond donors (Lipinski definition) is 3. The maximum absolute atomic E-state index is 13.5. The molecule has 0 radical (unpaired) electrons. The van der Waals surface area contributed by atoms with Gasteiger partial charge in [-0.15, -0.1) is 0 Å². The summed E-state index contributed by atoms with van der Waals surface area (Å²) in [7, 11) is 0. The Bertz CT molecular complexity index is 1020. The summed E-state index contributed by atoms with van der Waals surface area (Å²) >= 11 is 12.2. The predicted octanol–water partition coefficient (Wildman–Crippen LogP) is 3.79. The summed E-state index contributed by atoms with van der Waals surface area (Å²) in [6.07, 6.45) is 2.04. The fourth-order valence-electron chi connectivity index (χ4n) is 4.36. The van der Waals surface area contributed by atoms with Crippen LogP contribution in [0.2, 0.25) is 10.0 Å². The Morgan fingerprint density at radius 3 is 2.77 bits per heavy atom. The van der Waals surface area contributed by atoms with Gasteiger partial charge < -0.3 is 15.7 Å². The van der Waals surface area contributed by atoms with E-state index in [-0.39, 0.29) is 22.3 Å². The number of aliphatic hydroxyl groups is 1. The van der Waals surface area contributed by atoms with Gasteiger partial charge in [-0.3, -0.25) is 14.6 Å². The van der Waals surface area contributed by atoms with Gasteiger partial charge in [0.15, 0.2) is 0 Å². The van der Waals surface area contributed by atoms with Crippen LogP contribution in [0.25, 0.3) is 0 Å². The van der Waals surface area contributed by atoms with Crippen molar-refractivity contribution in [2.24, 2.45) is 0 Å². The predicted molar refractivity (Wildman–Crippen MR) is 122 cm³/mol. The smallest absolute Gasteiger partial charge is 0.329 e. The second-order valence-electron chi connectivity index (χ2n) is 7.72. The Balaban J connectivity index is 1.72. The highest BCUT2D eigenvalue weighted by molar-refractivity contribution is 6.42. The minimum absolute atomic E-state index is 0.198. The number of nitrogens with one attached hydrogen (secondary N) is 2. The molecule has 7 nitrogen and oxygen atoms in total. The Morgan fingerprint density at radius 1 is 1.26 bits per heavy atom. The van der Waals surface area contributed by atoms with Crippen molar-refractivity contribution < 1.29 is 14.7 Å². The molecule has 2 aromatic rings. The molecule has 9 heteroatoms. The first kappa shape index (κ1) is 21.9. The van der Waals surface area contributed by atoms with Crippen molar-refractivity contribution in [2.75, 3.05) is 29.9 Å². The van der Waals surface area contributed by atoms with Crippen molar-refractivity contribution in [3.8, 4) is 0 Å². The zero-order valence-corrected chi connectivity index (χ0v) is 18.6. The van der Waals surface area contributed by atoms with Crippen molar-refractivity contribution in [1.82, 2.24) is 10.2 Å². The van der Waals surface area contributed by atoms with Crippen molar-refractivity contribution >= 4 is 46.5 Å². The summed E-state index contributed by atoms with van der Waals surface area (Å²) < 4.78 is 0. The fraction of sp³-hybridized carbons (Fsp3) is 0.364. The maximum Gasteiger partial charge on any atom is 0.329 e. The van der Waals surface area contributed by atoms with E-state index in [1.807, 2.05) is 0 Å². The third kappa shape index (κ3) is 3.87. The number of fused-ring (bicyclic) bond motifs is 1. The normalized spacial score (nSPS) is 23.4. The monoisotopic (exact) mass is 462 g/mol. The summed E-state index contributed by atoms with van der Waals surface area (Å²) in [5, 5.41) is 17.9. The molecule has 0 aliphatic carbocycles. The van der Waals surface area contributed by atoms with Crippen LogP contribution < -0.4 is 15.5 Å². The molecule has 2 aliphatic heterocycles. The Kier molecular flexibility index (Phi) is 6.12. The molecule has 0 spiro atoms. The second kappa shape index (κ2) is 8.67. The van der Waals surface area contributed by atoms with Gasteiger partial charge in [0.2, 0.25) is 0 Å². The molecular weight excluding hydrogens is 439 g/mol. The average Bonchev–Trinajstić information content (AvgIpc) is 3.22. The van der Waals surface area contributed by atoms with Gasteiger partial charge in [-0.05, 0) is 50.2 Å². The van der Waals surface area contributed by atoms with Crippen LogP contribution in [0.1, 0.15) is 25.3 Å². The Labute approximate surface area is 190 Å². The summed E-state index contributed by atoms with van der Waals surface area (Å²) in [5.41, 5.74) is -1.37. The number of para-hydroxylation sites is 1. The van der Waals surface area contributed by atoms with E-state index < -0.39 is 17.7 Å². The third-order valence-corrected chi connectivity index (χ3v) is 6.69. The van der Waals surface area contributed by atoms with Crippen LogP contribution in [0.5, 0.6) is 0 Å². The molecule has 1 fully saturated rings. The fourth-order valence-corrected chi connectivity index (χ4v) is 4.66. The number of urea groups is 1. The molecule has 2 aromatic carbocycles. The number of amides is 3.